The van der Waals surface area contributed by atoms with Gasteiger partial charge in [-0.05, 0) is 44.0 Å². The third kappa shape index (κ3) is 3.24. The molecule has 0 saturated carbocycles. The zero-order chi connectivity index (χ0) is 19.8. The molecule has 146 valence electrons. The van der Waals surface area contributed by atoms with E-state index in [1.54, 1.807) is 23.2 Å². The van der Waals surface area contributed by atoms with Crippen LogP contribution in [0.15, 0.2) is 41.2 Å². The van der Waals surface area contributed by atoms with E-state index in [1.165, 1.54) is 0 Å². The first-order chi connectivity index (χ1) is 13.4. The third-order valence-corrected chi connectivity index (χ3v) is 5.39. The van der Waals surface area contributed by atoms with Crippen molar-refractivity contribution in [3.8, 4) is 0 Å². The monoisotopic (exact) mass is 379 g/mol. The van der Waals surface area contributed by atoms with E-state index in [4.69, 9.17) is 0 Å². The van der Waals surface area contributed by atoms with E-state index in [2.05, 4.69) is 15.5 Å². The van der Waals surface area contributed by atoms with Gasteiger partial charge in [0.05, 0.1) is 22.4 Å². The SMILES string of the molecule is Cc1ccc(NC(=O)Nc2cc3c(cc2N2CCCC2)n(C)c(=O)n3C)cc1. The van der Waals surface area contributed by atoms with Gasteiger partial charge in [0.15, 0.2) is 0 Å². The number of nitrogens with zero attached hydrogens (tertiary/aromatic N) is 3. The van der Waals surface area contributed by atoms with Gasteiger partial charge >= 0.3 is 11.7 Å². The smallest absolute Gasteiger partial charge is 0.328 e. The number of carbonyl (C=O) groups is 1. The molecule has 1 aliphatic heterocycles. The highest BCUT2D eigenvalue weighted by molar-refractivity contribution is 6.04. The van der Waals surface area contributed by atoms with Gasteiger partial charge in [0, 0.05) is 32.9 Å². The first-order valence-corrected chi connectivity index (χ1v) is 9.53. The van der Waals surface area contributed by atoms with E-state index >= 15 is 0 Å². The first kappa shape index (κ1) is 18.2. The van der Waals surface area contributed by atoms with Gasteiger partial charge in [-0.3, -0.25) is 9.13 Å². The van der Waals surface area contributed by atoms with Gasteiger partial charge < -0.3 is 15.5 Å². The molecule has 2 amide bonds. The minimum atomic E-state index is -0.301. The molecule has 2 heterocycles. The van der Waals surface area contributed by atoms with E-state index in [0.29, 0.717) is 5.69 Å². The summed E-state index contributed by atoms with van der Waals surface area (Å²) < 4.78 is 3.25. The van der Waals surface area contributed by atoms with Crippen molar-refractivity contribution in [2.24, 2.45) is 14.1 Å². The Hall–Kier alpha value is -3.22. The third-order valence-electron chi connectivity index (χ3n) is 5.39. The van der Waals surface area contributed by atoms with Crippen molar-refractivity contribution in [2.45, 2.75) is 19.8 Å². The summed E-state index contributed by atoms with van der Waals surface area (Å²) >= 11 is 0. The molecule has 28 heavy (non-hydrogen) atoms. The average Bonchev–Trinajstić information content (AvgIpc) is 3.28. The Morgan fingerprint density at radius 1 is 0.929 bits per heavy atom. The van der Waals surface area contributed by atoms with Crippen molar-refractivity contribution >= 4 is 34.1 Å². The van der Waals surface area contributed by atoms with Gasteiger partial charge in [0.2, 0.25) is 0 Å². The van der Waals surface area contributed by atoms with Gasteiger partial charge in [0.1, 0.15) is 0 Å². The number of aryl methyl sites for hydroxylation is 3. The highest BCUT2D eigenvalue weighted by Crippen LogP contribution is 2.33. The second kappa shape index (κ2) is 7.07. The molecule has 7 heteroatoms. The highest BCUT2D eigenvalue weighted by atomic mass is 16.2. The van der Waals surface area contributed by atoms with Gasteiger partial charge in [-0.1, -0.05) is 17.7 Å². The number of hydrogen-bond acceptors (Lipinski definition) is 3. The van der Waals surface area contributed by atoms with Crippen LogP contribution in [0.2, 0.25) is 0 Å². The maximum absolute atomic E-state index is 12.6. The molecule has 2 aromatic carbocycles. The topological polar surface area (TPSA) is 71.3 Å². The van der Waals surface area contributed by atoms with Crippen LogP contribution in [0.25, 0.3) is 11.0 Å². The van der Waals surface area contributed by atoms with Gasteiger partial charge in [-0.15, -0.1) is 0 Å². The lowest BCUT2D eigenvalue weighted by molar-refractivity contribution is 0.262. The molecule has 3 aromatic rings. The summed E-state index contributed by atoms with van der Waals surface area (Å²) in [5.74, 6) is 0. The number of fused-ring (bicyclic) bond motifs is 1. The Labute approximate surface area is 163 Å². The largest absolute Gasteiger partial charge is 0.370 e. The second-order valence-electron chi connectivity index (χ2n) is 7.40. The van der Waals surface area contributed by atoms with Crippen LogP contribution in [0.5, 0.6) is 0 Å². The highest BCUT2D eigenvalue weighted by Gasteiger charge is 2.20. The fourth-order valence-corrected chi connectivity index (χ4v) is 3.78. The van der Waals surface area contributed by atoms with Crippen LogP contribution in [-0.2, 0) is 14.1 Å². The van der Waals surface area contributed by atoms with Gasteiger partial charge in [0.25, 0.3) is 0 Å². The molecule has 0 radical (unpaired) electrons. The van der Waals surface area contributed by atoms with E-state index in [1.807, 2.05) is 43.3 Å². The number of carbonyl (C=O) groups excluding carboxylic acids is 1. The summed E-state index contributed by atoms with van der Waals surface area (Å²) in [6.07, 6.45) is 2.25. The molecule has 0 atom stereocenters. The van der Waals surface area contributed by atoms with Gasteiger partial charge in [-0.2, -0.15) is 0 Å². The molecule has 1 fully saturated rings. The van der Waals surface area contributed by atoms with Crippen molar-refractivity contribution in [2.75, 3.05) is 28.6 Å². The minimum absolute atomic E-state index is 0.0800. The number of rotatable bonds is 3. The van der Waals surface area contributed by atoms with Crippen LogP contribution in [0.1, 0.15) is 18.4 Å². The van der Waals surface area contributed by atoms with Crippen LogP contribution in [0.4, 0.5) is 21.9 Å². The number of anilines is 3. The lowest BCUT2D eigenvalue weighted by atomic mass is 10.2. The molecule has 2 N–H and O–H groups in total. The zero-order valence-corrected chi connectivity index (χ0v) is 16.5. The molecule has 1 saturated heterocycles. The summed E-state index contributed by atoms with van der Waals surface area (Å²) in [5.41, 5.74) is 5.10. The van der Waals surface area contributed by atoms with Crippen LogP contribution >= 0.6 is 0 Å². The lowest BCUT2D eigenvalue weighted by Gasteiger charge is -2.22. The Balaban J connectivity index is 1.70. The summed E-state index contributed by atoms with van der Waals surface area (Å²) in [4.78, 5) is 27.2. The maximum atomic E-state index is 12.6. The standard InChI is InChI=1S/C21H25N5O2/c1-14-6-8-15(9-7-14)22-20(27)23-16-12-18-19(25(3)21(28)24(18)2)13-17(16)26-10-4-5-11-26/h6-9,12-13H,4-5,10-11H2,1-3H3,(H2,22,23,27). The van der Waals surface area contributed by atoms with E-state index in [-0.39, 0.29) is 11.7 Å². The second-order valence-corrected chi connectivity index (χ2v) is 7.40. The maximum Gasteiger partial charge on any atom is 0.328 e. The molecular weight excluding hydrogens is 354 g/mol. The number of hydrogen-bond donors (Lipinski definition) is 2. The number of nitrogens with one attached hydrogen (secondary N) is 2. The van der Waals surface area contributed by atoms with Crippen molar-refractivity contribution in [1.82, 2.24) is 9.13 Å². The Morgan fingerprint density at radius 3 is 2.18 bits per heavy atom. The van der Waals surface area contributed by atoms with Crippen LogP contribution in [-0.4, -0.2) is 28.3 Å². The first-order valence-electron chi connectivity index (χ1n) is 9.53. The van der Waals surface area contributed by atoms with E-state index in [9.17, 15) is 9.59 Å². The quantitative estimate of drug-likeness (QED) is 0.732. The Morgan fingerprint density at radius 2 is 1.54 bits per heavy atom. The molecular formula is C21H25N5O2. The Bertz CT molecular complexity index is 1090. The summed E-state index contributed by atoms with van der Waals surface area (Å²) in [5, 5.41) is 5.85. The molecule has 0 bridgehead atoms. The minimum Gasteiger partial charge on any atom is -0.370 e. The number of imidazole rings is 1. The summed E-state index contributed by atoms with van der Waals surface area (Å²) in [7, 11) is 3.52. The predicted molar refractivity (Wildman–Crippen MR) is 113 cm³/mol. The molecule has 1 aliphatic rings. The van der Waals surface area contributed by atoms with Crippen LogP contribution < -0.4 is 21.2 Å². The number of aromatic nitrogens is 2. The molecule has 1 aromatic heterocycles. The number of benzene rings is 2. The zero-order valence-electron chi connectivity index (χ0n) is 16.5. The Kier molecular flexibility index (Phi) is 4.58. The summed E-state index contributed by atoms with van der Waals surface area (Å²) in [6.45, 7) is 3.90. The van der Waals surface area contributed by atoms with E-state index < -0.39 is 0 Å². The van der Waals surface area contributed by atoms with Gasteiger partial charge in [-0.25, -0.2) is 9.59 Å². The predicted octanol–water partition coefficient (Wildman–Crippen LogP) is 3.43. The number of amides is 2. The fraction of sp³-hybridized carbons (Fsp3) is 0.333. The van der Waals surface area contributed by atoms with Crippen LogP contribution in [0.3, 0.4) is 0 Å². The number of urea groups is 1. The van der Waals surface area contributed by atoms with Crippen molar-refractivity contribution in [1.29, 1.82) is 0 Å². The van der Waals surface area contributed by atoms with Crippen molar-refractivity contribution < 1.29 is 4.79 Å². The lowest BCUT2D eigenvalue weighted by Crippen LogP contribution is -2.24. The van der Waals surface area contributed by atoms with Crippen molar-refractivity contribution in [3.05, 3.63) is 52.4 Å². The van der Waals surface area contributed by atoms with Crippen molar-refractivity contribution in [3.63, 3.8) is 0 Å². The van der Waals surface area contributed by atoms with E-state index in [0.717, 1.165) is 53.9 Å². The normalized spacial score (nSPS) is 13.9. The fourth-order valence-electron chi connectivity index (χ4n) is 3.78. The molecule has 4 rings (SSSR count). The van der Waals surface area contributed by atoms with Crippen LogP contribution in [0, 0.1) is 6.92 Å². The molecule has 0 spiro atoms. The molecule has 7 nitrogen and oxygen atoms in total. The molecule has 0 unspecified atom stereocenters. The average molecular weight is 379 g/mol. The molecule has 0 aliphatic carbocycles. The summed E-state index contributed by atoms with van der Waals surface area (Å²) in [6, 6.07) is 11.3.